The van der Waals surface area contributed by atoms with E-state index in [2.05, 4.69) is 17.2 Å². The van der Waals surface area contributed by atoms with Crippen LogP contribution in [0.5, 0.6) is 0 Å². The van der Waals surface area contributed by atoms with Crippen molar-refractivity contribution in [1.29, 1.82) is 0 Å². The maximum Gasteiger partial charge on any atom is 0.253 e. The van der Waals surface area contributed by atoms with Gasteiger partial charge in [-0.05, 0) is 24.3 Å². The van der Waals surface area contributed by atoms with Crippen LogP contribution in [0.2, 0.25) is 5.02 Å². The minimum absolute atomic E-state index is 0.0686. The van der Waals surface area contributed by atoms with Crippen LogP contribution >= 0.6 is 22.9 Å². The van der Waals surface area contributed by atoms with E-state index in [1.165, 1.54) is 11.3 Å². The van der Waals surface area contributed by atoms with Crippen molar-refractivity contribution >= 4 is 28.8 Å². The Labute approximate surface area is 132 Å². The molecule has 21 heavy (non-hydrogen) atoms. The highest BCUT2D eigenvalue weighted by molar-refractivity contribution is 7.12. The molecule has 0 atom stereocenters. The van der Waals surface area contributed by atoms with E-state index in [9.17, 15) is 4.79 Å². The Morgan fingerprint density at radius 3 is 2.86 bits per heavy atom. The molecule has 0 saturated carbocycles. The lowest BCUT2D eigenvalue weighted by molar-refractivity contribution is 0.0951. The number of rotatable bonds is 4. The molecule has 0 aliphatic rings. The summed E-state index contributed by atoms with van der Waals surface area (Å²) in [5, 5.41) is 11.9. The molecule has 1 heterocycles. The summed E-state index contributed by atoms with van der Waals surface area (Å²) in [6.45, 7) is 0.509. The quantitative estimate of drug-likeness (QED) is 0.851. The molecule has 1 amide bonds. The number of aliphatic hydroxyl groups excluding tert-OH is 1. The molecule has 2 aromatic rings. The molecule has 0 spiro atoms. The monoisotopic (exact) mass is 319 g/mol. The fraction of sp³-hybridized carbons (Fsp3) is 0.188. The summed E-state index contributed by atoms with van der Waals surface area (Å²) in [6, 6.07) is 10.8. The van der Waals surface area contributed by atoms with E-state index in [4.69, 9.17) is 16.7 Å². The topological polar surface area (TPSA) is 49.3 Å². The summed E-state index contributed by atoms with van der Waals surface area (Å²) in [4.78, 5) is 13.9. The van der Waals surface area contributed by atoms with Gasteiger partial charge in [0.1, 0.15) is 0 Å². The van der Waals surface area contributed by atoms with Crippen molar-refractivity contribution in [3.63, 3.8) is 0 Å². The van der Waals surface area contributed by atoms with Gasteiger partial charge in [-0.2, -0.15) is 0 Å². The average molecular weight is 320 g/mol. The molecule has 1 aromatic heterocycles. The Morgan fingerprint density at radius 2 is 2.10 bits per heavy atom. The van der Waals surface area contributed by atoms with Crippen LogP contribution in [0, 0.1) is 11.8 Å². The van der Waals surface area contributed by atoms with Crippen molar-refractivity contribution in [2.75, 3.05) is 6.61 Å². The number of amides is 1. The normalized spacial score (nSPS) is 9.81. The van der Waals surface area contributed by atoms with Crippen molar-refractivity contribution in [1.82, 2.24) is 5.32 Å². The summed E-state index contributed by atoms with van der Waals surface area (Å²) in [6.07, 6.45) is 0.469. The van der Waals surface area contributed by atoms with Crippen LogP contribution in [0.15, 0.2) is 36.4 Å². The molecule has 2 rings (SSSR count). The fourth-order valence-corrected chi connectivity index (χ4v) is 2.70. The number of benzene rings is 1. The molecule has 0 bridgehead atoms. The van der Waals surface area contributed by atoms with Crippen molar-refractivity contribution < 1.29 is 9.90 Å². The van der Waals surface area contributed by atoms with E-state index < -0.39 is 0 Å². The highest BCUT2D eigenvalue weighted by Gasteiger charge is 2.09. The first kappa shape index (κ1) is 15.6. The van der Waals surface area contributed by atoms with Crippen molar-refractivity contribution in [3.05, 3.63) is 56.7 Å². The Balaban J connectivity index is 1.93. The number of hydrogen-bond acceptors (Lipinski definition) is 3. The molecule has 3 nitrogen and oxygen atoms in total. The first-order chi connectivity index (χ1) is 10.2. The Morgan fingerprint density at radius 1 is 1.29 bits per heavy atom. The van der Waals surface area contributed by atoms with Crippen LogP contribution < -0.4 is 5.32 Å². The maximum atomic E-state index is 12.0. The van der Waals surface area contributed by atoms with Gasteiger partial charge in [0.25, 0.3) is 5.91 Å². The lowest BCUT2D eigenvalue weighted by Gasteiger charge is -2.05. The van der Waals surface area contributed by atoms with E-state index in [-0.39, 0.29) is 12.5 Å². The molecule has 0 unspecified atom stereocenters. The van der Waals surface area contributed by atoms with Crippen LogP contribution in [0.3, 0.4) is 0 Å². The maximum absolute atomic E-state index is 12.0. The number of carbonyl (C=O) groups is 1. The lowest BCUT2D eigenvalue weighted by atomic mass is 10.2. The number of hydrogen-bond donors (Lipinski definition) is 2. The predicted octanol–water partition coefficient (Wildman–Crippen LogP) is 3.07. The number of carbonyl (C=O) groups excluding carboxylic acids is 1. The van der Waals surface area contributed by atoms with Gasteiger partial charge < -0.3 is 10.4 Å². The third-order valence-electron chi connectivity index (χ3n) is 2.65. The fourth-order valence-electron chi connectivity index (χ4n) is 1.65. The lowest BCUT2D eigenvalue weighted by Crippen LogP contribution is -2.22. The van der Waals surface area contributed by atoms with Gasteiger partial charge >= 0.3 is 0 Å². The third kappa shape index (κ3) is 4.61. The second-order valence-electron chi connectivity index (χ2n) is 4.20. The van der Waals surface area contributed by atoms with Crippen molar-refractivity contribution in [3.8, 4) is 11.8 Å². The molecule has 2 N–H and O–H groups in total. The van der Waals surface area contributed by atoms with Crippen LogP contribution in [0.1, 0.15) is 26.5 Å². The van der Waals surface area contributed by atoms with Gasteiger partial charge in [0.15, 0.2) is 0 Å². The molecule has 0 radical (unpaired) electrons. The summed E-state index contributed by atoms with van der Waals surface area (Å²) in [5.74, 6) is 5.64. The Kier molecular flexibility index (Phi) is 5.82. The number of nitrogens with one attached hydrogen (secondary N) is 1. The molecule has 5 heteroatoms. The van der Waals surface area contributed by atoms with E-state index in [0.717, 1.165) is 9.75 Å². The van der Waals surface area contributed by atoms with Crippen molar-refractivity contribution in [2.24, 2.45) is 0 Å². The highest BCUT2D eigenvalue weighted by atomic mass is 35.5. The zero-order valence-electron chi connectivity index (χ0n) is 11.2. The van der Waals surface area contributed by atoms with E-state index in [0.29, 0.717) is 23.6 Å². The molecule has 1 aromatic carbocycles. The van der Waals surface area contributed by atoms with Crippen LogP contribution in [-0.2, 0) is 6.54 Å². The molecule has 0 aliphatic heterocycles. The SMILES string of the molecule is O=C(NCc1ccc(C#CCCO)s1)c1ccccc1Cl. The van der Waals surface area contributed by atoms with Gasteiger partial charge in [0.05, 0.1) is 28.6 Å². The smallest absolute Gasteiger partial charge is 0.253 e. The van der Waals surface area contributed by atoms with Gasteiger partial charge in [0, 0.05) is 11.3 Å². The molecule has 108 valence electrons. The molecular formula is C16H14ClNO2S. The average Bonchev–Trinajstić information content (AvgIpc) is 2.93. The number of halogens is 1. The van der Waals surface area contributed by atoms with Crippen LogP contribution in [0.4, 0.5) is 0 Å². The molecule has 0 aliphatic carbocycles. The van der Waals surface area contributed by atoms with Crippen molar-refractivity contribution in [2.45, 2.75) is 13.0 Å². The first-order valence-electron chi connectivity index (χ1n) is 6.42. The summed E-state index contributed by atoms with van der Waals surface area (Å²) >= 11 is 7.50. The van der Waals surface area contributed by atoms with Crippen LogP contribution in [0.25, 0.3) is 0 Å². The standard InChI is InChI=1S/C16H14ClNO2S/c17-15-7-2-1-6-14(15)16(20)18-11-13-9-8-12(21-13)5-3-4-10-19/h1-2,6-9,19H,4,10-11H2,(H,18,20). The summed E-state index contributed by atoms with van der Waals surface area (Å²) in [5.41, 5.74) is 0.471. The largest absolute Gasteiger partial charge is 0.395 e. The third-order valence-corrected chi connectivity index (χ3v) is 3.98. The molecular weight excluding hydrogens is 306 g/mol. The zero-order chi connectivity index (χ0) is 15.1. The predicted molar refractivity (Wildman–Crippen MR) is 85.5 cm³/mol. The zero-order valence-corrected chi connectivity index (χ0v) is 12.8. The summed E-state index contributed by atoms with van der Waals surface area (Å²) in [7, 11) is 0. The van der Waals surface area contributed by atoms with Crippen LogP contribution in [-0.4, -0.2) is 17.6 Å². The highest BCUT2D eigenvalue weighted by Crippen LogP contribution is 2.17. The number of thiophene rings is 1. The van der Waals surface area contributed by atoms with Gasteiger partial charge in [-0.1, -0.05) is 35.6 Å². The van der Waals surface area contributed by atoms with Gasteiger partial charge in [0.2, 0.25) is 0 Å². The van der Waals surface area contributed by atoms with E-state index in [1.54, 1.807) is 24.3 Å². The van der Waals surface area contributed by atoms with Gasteiger partial charge in [-0.3, -0.25) is 4.79 Å². The summed E-state index contributed by atoms with van der Waals surface area (Å²) < 4.78 is 0. The first-order valence-corrected chi connectivity index (χ1v) is 7.61. The van der Waals surface area contributed by atoms with Gasteiger partial charge in [-0.25, -0.2) is 0 Å². The second kappa shape index (κ2) is 7.84. The Hall–Kier alpha value is -1.80. The van der Waals surface area contributed by atoms with E-state index >= 15 is 0 Å². The minimum Gasteiger partial charge on any atom is -0.395 e. The van der Waals surface area contributed by atoms with E-state index in [1.807, 2.05) is 12.1 Å². The molecule has 0 fully saturated rings. The second-order valence-corrected chi connectivity index (χ2v) is 5.78. The Bertz CT molecular complexity index is 685. The number of aliphatic hydroxyl groups is 1. The minimum atomic E-state index is -0.193. The van der Waals surface area contributed by atoms with Gasteiger partial charge in [-0.15, -0.1) is 11.3 Å². The molecule has 0 saturated heterocycles.